The van der Waals surface area contributed by atoms with Crippen LogP contribution < -0.4 is 0 Å². The number of hydrogen-bond acceptors (Lipinski definition) is 2. The molecule has 3 heteroatoms. The fourth-order valence-corrected chi connectivity index (χ4v) is 1.53. The number of halogens is 1. The van der Waals surface area contributed by atoms with Crippen molar-refractivity contribution >= 4 is 11.8 Å². The Bertz CT molecular complexity index is 268. The molecule has 1 aromatic carbocycles. The Morgan fingerprint density at radius 2 is 2.08 bits per heavy atom. The average molecular weight is 181 g/mol. The van der Waals surface area contributed by atoms with Gasteiger partial charge in [0.1, 0.15) is 0 Å². The minimum Gasteiger partial charge on any atom is -0.234 e. The summed E-state index contributed by atoms with van der Waals surface area (Å²) < 4.78 is 12.8. The first-order valence-corrected chi connectivity index (χ1v) is 4.43. The molecule has 0 amide bonds. The summed E-state index contributed by atoms with van der Waals surface area (Å²) >= 11 is 1.08. The first-order chi connectivity index (χ1) is 5.83. The van der Waals surface area contributed by atoms with Crippen LogP contribution in [-0.2, 0) is 0 Å². The van der Waals surface area contributed by atoms with Gasteiger partial charge in [-0.1, -0.05) is 30.0 Å². The molecule has 0 bridgehead atoms. The molecule has 1 unspecified atom stereocenters. The van der Waals surface area contributed by atoms with E-state index in [-0.39, 0.29) is 6.42 Å². The SMILES string of the molecule is N#CCC(F)Sc1ccccc1. The molecule has 0 spiro atoms. The number of nitrogens with zero attached hydrogens (tertiary/aromatic N) is 1. The number of hydrogen-bond donors (Lipinski definition) is 0. The van der Waals surface area contributed by atoms with E-state index in [1.165, 1.54) is 0 Å². The molecule has 62 valence electrons. The van der Waals surface area contributed by atoms with Gasteiger partial charge in [0.15, 0.2) is 5.50 Å². The highest BCUT2D eigenvalue weighted by molar-refractivity contribution is 7.99. The van der Waals surface area contributed by atoms with E-state index in [1.54, 1.807) is 6.07 Å². The highest BCUT2D eigenvalue weighted by Gasteiger charge is 2.06. The molecule has 0 heterocycles. The Morgan fingerprint density at radius 3 is 2.67 bits per heavy atom. The molecule has 0 aliphatic carbocycles. The van der Waals surface area contributed by atoms with Gasteiger partial charge in [-0.25, -0.2) is 4.39 Å². The second kappa shape index (κ2) is 4.78. The monoisotopic (exact) mass is 181 g/mol. The molecular formula is C9H8FNS. The van der Waals surface area contributed by atoms with E-state index in [9.17, 15) is 4.39 Å². The van der Waals surface area contributed by atoms with E-state index >= 15 is 0 Å². The van der Waals surface area contributed by atoms with Crippen LogP contribution in [0.5, 0.6) is 0 Å². The van der Waals surface area contributed by atoms with Gasteiger partial charge in [-0.3, -0.25) is 0 Å². The van der Waals surface area contributed by atoms with E-state index in [2.05, 4.69) is 0 Å². The third kappa shape index (κ3) is 2.93. The standard InChI is InChI=1S/C9H8FNS/c10-9(6-7-11)12-8-4-2-1-3-5-8/h1-5,9H,6H2. The van der Waals surface area contributed by atoms with Gasteiger partial charge in [0, 0.05) is 4.90 Å². The van der Waals surface area contributed by atoms with Crippen molar-refractivity contribution in [3.05, 3.63) is 30.3 Å². The molecule has 0 saturated heterocycles. The van der Waals surface area contributed by atoms with Crippen LogP contribution in [0.25, 0.3) is 0 Å². The highest BCUT2D eigenvalue weighted by Crippen LogP contribution is 2.25. The number of benzene rings is 1. The van der Waals surface area contributed by atoms with E-state index in [0.717, 1.165) is 16.7 Å². The minimum absolute atomic E-state index is 0.0560. The Kier molecular flexibility index (Phi) is 3.62. The van der Waals surface area contributed by atoms with Gasteiger partial charge >= 0.3 is 0 Å². The van der Waals surface area contributed by atoms with Crippen LogP contribution in [0.1, 0.15) is 6.42 Å². The van der Waals surface area contributed by atoms with Crippen molar-refractivity contribution in [1.29, 1.82) is 5.26 Å². The lowest BCUT2D eigenvalue weighted by Crippen LogP contribution is -1.90. The van der Waals surface area contributed by atoms with Crippen LogP contribution in [0.3, 0.4) is 0 Å². The predicted molar refractivity (Wildman–Crippen MR) is 47.4 cm³/mol. The first kappa shape index (κ1) is 9.08. The maximum absolute atomic E-state index is 12.8. The van der Waals surface area contributed by atoms with Gasteiger partial charge in [-0.05, 0) is 12.1 Å². The van der Waals surface area contributed by atoms with Crippen molar-refractivity contribution in [2.24, 2.45) is 0 Å². The average Bonchev–Trinajstić information content (AvgIpc) is 2.06. The summed E-state index contributed by atoms with van der Waals surface area (Å²) in [4.78, 5) is 0.861. The summed E-state index contributed by atoms with van der Waals surface area (Å²) in [6, 6.07) is 11.0. The Morgan fingerprint density at radius 1 is 1.42 bits per heavy atom. The predicted octanol–water partition coefficient (Wildman–Crippen LogP) is 2.99. The van der Waals surface area contributed by atoms with Crippen molar-refractivity contribution in [2.45, 2.75) is 16.8 Å². The van der Waals surface area contributed by atoms with E-state index in [1.807, 2.05) is 30.3 Å². The fourth-order valence-electron chi connectivity index (χ4n) is 0.760. The van der Waals surface area contributed by atoms with Gasteiger partial charge in [0.2, 0.25) is 0 Å². The van der Waals surface area contributed by atoms with Gasteiger partial charge in [-0.15, -0.1) is 0 Å². The van der Waals surface area contributed by atoms with Crippen molar-refractivity contribution in [3.63, 3.8) is 0 Å². The summed E-state index contributed by atoms with van der Waals surface area (Å²) in [6.07, 6.45) is -0.0560. The third-order valence-electron chi connectivity index (χ3n) is 1.26. The lowest BCUT2D eigenvalue weighted by molar-refractivity contribution is 0.460. The van der Waals surface area contributed by atoms with Crippen molar-refractivity contribution in [2.75, 3.05) is 0 Å². The summed E-state index contributed by atoms with van der Waals surface area (Å²) in [5.74, 6) is 0. The molecule has 0 aromatic heterocycles. The highest BCUT2D eigenvalue weighted by atomic mass is 32.2. The summed E-state index contributed by atoms with van der Waals surface area (Å²) in [6.45, 7) is 0. The summed E-state index contributed by atoms with van der Waals surface area (Å²) in [7, 11) is 0. The van der Waals surface area contributed by atoms with E-state index in [4.69, 9.17) is 5.26 Å². The molecule has 0 saturated carbocycles. The van der Waals surface area contributed by atoms with Crippen molar-refractivity contribution < 1.29 is 4.39 Å². The molecule has 0 N–H and O–H groups in total. The van der Waals surface area contributed by atoms with Crippen LogP contribution in [0.15, 0.2) is 35.2 Å². The zero-order valence-corrected chi connectivity index (χ0v) is 7.22. The van der Waals surface area contributed by atoms with Gasteiger partial charge in [-0.2, -0.15) is 5.26 Å². The normalized spacial score (nSPS) is 12.0. The summed E-state index contributed by atoms with van der Waals surface area (Å²) in [5.41, 5.74) is -1.11. The van der Waals surface area contributed by atoms with E-state index in [0.29, 0.717) is 0 Å². The fraction of sp³-hybridized carbons (Fsp3) is 0.222. The molecule has 0 aliphatic heterocycles. The maximum Gasteiger partial charge on any atom is 0.163 e. The maximum atomic E-state index is 12.8. The molecule has 1 rings (SSSR count). The van der Waals surface area contributed by atoms with Crippen LogP contribution >= 0.6 is 11.8 Å². The molecule has 12 heavy (non-hydrogen) atoms. The quantitative estimate of drug-likeness (QED) is 0.669. The molecule has 1 atom stereocenters. The topological polar surface area (TPSA) is 23.8 Å². The first-order valence-electron chi connectivity index (χ1n) is 3.55. The minimum atomic E-state index is -1.11. The second-order valence-electron chi connectivity index (χ2n) is 2.20. The largest absolute Gasteiger partial charge is 0.234 e. The van der Waals surface area contributed by atoms with Gasteiger partial charge < -0.3 is 0 Å². The zero-order valence-electron chi connectivity index (χ0n) is 6.40. The van der Waals surface area contributed by atoms with E-state index < -0.39 is 5.50 Å². The van der Waals surface area contributed by atoms with Gasteiger partial charge in [0.25, 0.3) is 0 Å². The van der Waals surface area contributed by atoms with Gasteiger partial charge in [0.05, 0.1) is 12.5 Å². The van der Waals surface area contributed by atoms with Crippen LogP contribution in [0.4, 0.5) is 4.39 Å². The molecular weight excluding hydrogens is 173 g/mol. The number of thioether (sulfide) groups is 1. The third-order valence-corrected chi connectivity index (χ3v) is 2.23. The number of alkyl halides is 1. The number of rotatable bonds is 3. The Balaban J connectivity index is 2.48. The Labute approximate surface area is 75.2 Å². The van der Waals surface area contributed by atoms with Crippen molar-refractivity contribution in [3.8, 4) is 6.07 Å². The summed E-state index contributed by atoms with van der Waals surface area (Å²) in [5, 5.41) is 8.21. The lowest BCUT2D eigenvalue weighted by atomic mass is 10.4. The van der Waals surface area contributed by atoms with Crippen LogP contribution in [0, 0.1) is 11.3 Å². The molecule has 1 nitrogen and oxygen atoms in total. The zero-order chi connectivity index (χ0) is 8.81. The van der Waals surface area contributed by atoms with Crippen LogP contribution in [-0.4, -0.2) is 5.50 Å². The number of nitriles is 1. The smallest absolute Gasteiger partial charge is 0.163 e. The molecule has 0 aliphatic rings. The Hall–Kier alpha value is -1.01. The molecule has 0 radical (unpaired) electrons. The second-order valence-corrected chi connectivity index (χ2v) is 3.42. The van der Waals surface area contributed by atoms with Crippen LogP contribution in [0.2, 0.25) is 0 Å². The molecule has 1 aromatic rings. The lowest BCUT2D eigenvalue weighted by Gasteiger charge is -2.01. The van der Waals surface area contributed by atoms with Crippen molar-refractivity contribution in [1.82, 2.24) is 0 Å². The molecule has 0 fully saturated rings.